The van der Waals surface area contributed by atoms with E-state index in [0.717, 1.165) is 35.2 Å². The number of H-pyrrole nitrogens is 1. The van der Waals surface area contributed by atoms with Crippen molar-refractivity contribution < 1.29 is 18.0 Å². The van der Waals surface area contributed by atoms with Crippen LogP contribution in [0.4, 0.5) is 18.9 Å². The lowest BCUT2D eigenvalue weighted by atomic mass is 10.0. The molecule has 0 radical (unpaired) electrons. The molecule has 0 aliphatic carbocycles. The van der Waals surface area contributed by atoms with E-state index < -0.39 is 11.7 Å². The standard InChI is InChI=1S/C20H17ClF3N3O/c21-13-3-6-17-16(9-13)15-7-8-27(10-18(15)26-17)11-19(28)25-14-4-1-12(2-5-14)20(22,23)24/h1-6,9,26H,7-8,10-11H2,(H,25,28). The molecule has 0 unspecified atom stereocenters. The lowest BCUT2D eigenvalue weighted by Gasteiger charge is -2.26. The highest BCUT2D eigenvalue weighted by atomic mass is 35.5. The summed E-state index contributed by atoms with van der Waals surface area (Å²) in [5.74, 6) is -0.262. The Morgan fingerprint density at radius 3 is 2.64 bits per heavy atom. The number of nitrogens with zero attached hydrogens (tertiary/aromatic N) is 1. The van der Waals surface area contributed by atoms with Crippen molar-refractivity contribution in [1.82, 2.24) is 9.88 Å². The van der Waals surface area contributed by atoms with Crippen LogP contribution in [0.15, 0.2) is 42.5 Å². The van der Waals surface area contributed by atoms with Gasteiger partial charge in [0.2, 0.25) is 5.91 Å². The number of rotatable bonds is 3. The Kier molecular flexibility index (Phi) is 4.81. The Bertz CT molecular complexity index is 1030. The zero-order valence-electron chi connectivity index (χ0n) is 14.7. The molecule has 1 amide bonds. The molecule has 2 aromatic carbocycles. The number of fused-ring (bicyclic) bond motifs is 3. The molecule has 2 heterocycles. The van der Waals surface area contributed by atoms with Crippen LogP contribution >= 0.6 is 11.6 Å². The van der Waals surface area contributed by atoms with Crippen LogP contribution in [-0.4, -0.2) is 28.9 Å². The normalized spacial score (nSPS) is 14.9. The van der Waals surface area contributed by atoms with Crippen LogP contribution in [-0.2, 0) is 23.9 Å². The highest BCUT2D eigenvalue weighted by molar-refractivity contribution is 6.31. The van der Waals surface area contributed by atoms with E-state index in [1.165, 1.54) is 17.7 Å². The molecule has 4 rings (SSSR count). The lowest BCUT2D eigenvalue weighted by Crippen LogP contribution is -2.37. The Labute approximate surface area is 164 Å². The van der Waals surface area contributed by atoms with Gasteiger partial charge in [0.05, 0.1) is 12.1 Å². The molecule has 2 N–H and O–H groups in total. The number of anilines is 1. The van der Waals surface area contributed by atoms with E-state index in [4.69, 9.17) is 11.6 Å². The van der Waals surface area contributed by atoms with Gasteiger partial charge >= 0.3 is 6.18 Å². The first-order valence-corrected chi connectivity index (χ1v) is 9.16. The average molecular weight is 408 g/mol. The largest absolute Gasteiger partial charge is 0.416 e. The molecule has 28 heavy (non-hydrogen) atoms. The molecule has 146 valence electrons. The molecule has 3 aromatic rings. The Morgan fingerprint density at radius 1 is 1.18 bits per heavy atom. The van der Waals surface area contributed by atoms with E-state index in [2.05, 4.69) is 10.3 Å². The molecule has 0 saturated carbocycles. The molecule has 1 aliphatic rings. The maximum atomic E-state index is 12.6. The van der Waals surface area contributed by atoms with E-state index >= 15 is 0 Å². The van der Waals surface area contributed by atoms with Gasteiger partial charge in [-0.3, -0.25) is 9.69 Å². The molecule has 0 saturated heterocycles. The molecular weight excluding hydrogens is 391 g/mol. The number of alkyl halides is 3. The number of hydrogen-bond donors (Lipinski definition) is 2. The lowest BCUT2D eigenvalue weighted by molar-refractivity contribution is -0.137. The number of aromatic nitrogens is 1. The number of halogens is 4. The van der Waals surface area contributed by atoms with Gasteiger partial charge in [0.25, 0.3) is 0 Å². The van der Waals surface area contributed by atoms with Crippen molar-refractivity contribution in [2.45, 2.75) is 19.1 Å². The van der Waals surface area contributed by atoms with Gasteiger partial charge in [0.1, 0.15) is 0 Å². The fourth-order valence-electron chi connectivity index (χ4n) is 3.55. The molecular formula is C20H17ClF3N3O. The molecule has 0 atom stereocenters. The SMILES string of the molecule is O=C(CN1CCc2c([nH]c3ccc(Cl)cc23)C1)Nc1ccc(C(F)(F)F)cc1. The molecule has 1 aliphatic heterocycles. The van der Waals surface area contributed by atoms with Crippen LogP contribution in [0.5, 0.6) is 0 Å². The summed E-state index contributed by atoms with van der Waals surface area (Å²) in [6.45, 7) is 1.48. The Morgan fingerprint density at radius 2 is 1.93 bits per heavy atom. The van der Waals surface area contributed by atoms with Gasteiger partial charge in [-0.15, -0.1) is 0 Å². The molecule has 4 nitrogen and oxygen atoms in total. The smallest absolute Gasteiger partial charge is 0.357 e. The molecule has 1 aromatic heterocycles. The first-order chi connectivity index (χ1) is 13.3. The number of aromatic amines is 1. The third-order valence-corrected chi connectivity index (χ3v) is 5.11. The van der Waals surface area contributed by atoms with Gasteiger partial charge in [-0.1, -0.05) is 11.6 Å². The minimum Gasteiger partial charge on any atom is -0.357 e. The quantitative estimate of drug-likeness (QED) is 0.653. The second-order valence-electron chi connectivity index (χ2n) is 6.86. The van der Waals surface area contributed by atoms with Crippen LogP contribution in [0, 0.1) is 0 Å². The van der Waals surface area contributed by atoms with Gasteiger partial charge in [-0.05, 0) is 54.4 Å². The average Bonchev–Trinajstić information content (AvgIpc) is 2.98. The van der Waals surface area contributed by atoms with Gasteiger partial charge in [-0.25, -0.2) is 0 Å². The van der Waals surface area contributed by atoms with Crippen molar-refractivity contribution in [2.75, 3.05) is 18.4 Å². The maximum Gasteiger partial charge on any atom is 0.416 e. The summed E-state index contributed by atoms with van der Waals surface area (Å²) in [6, 6.07) is 10.2. The van der Waals surface area contributed by atoms with E-state index in [9.17, 15) is 18.0 Å². The second kappa shape index (κ2) is 7.14. The highest BCUT2D eigenvalue weighted by Crippen LogP contribution is 2.31. The Hall–Kier alpha value is -2.51. The molecule has 0 fully saturated rings. The van der Waals surface area contributed by atoms with Crippen molar-refractivity contribution in [3.8, 4) is 0 Å². The molecule has 0 bridgehead atoms. The monoisotopic (exact) mass is 407 g/mol. The number of carbonyl (C=O) groups excluding carboxylic acids is 1. The van der Waals surface area contributed by atoms with Crippen LogP contribution in [0.2, 0.25) is 5.02 Å². The van der Waals surface area contributed by atoms with Crippen LogP contribution in [0.3, 0.4) is 0 Å². The number of hydrogen-bond acceptors (Lipinski definition) is 2. The van der Waals surface area contributed by atoms with Crippen LogP contribution < -0.4 is 5.32 Å². The molecule has 0 spiro atoms. The van der Waals surface area contributed by atoms with E-state index in [-0.39, 0.29) is 12.5 Å². The van der Waals surface area contributed by atoms with Gasteiger partial charge < -0.3 is 10.3 Å². The minimum atomic E-state index is -4.39. The van der Waals surface area contributed by atoms with E-state index in [1.807, 2.05) is 23.1 Å². The zero-order chi connectivity index (χ0) is 19.9. The number of nitrogens with one attached hydrogen (secondary N) is 2. The Balaban J connectivity index is 1.40. The topological polar surface area (TPSA) is 48.1 Å². The third kappa shape index (κ3) is 3.86. The third-order valence-electron chi connectivity index (χ3n) is 4.88. The summed E-state index contributed by atoms with van der Waals surface area (Å²) in [6.07, 6.45) is -3.60. The summed E-state index contributed by atoms with van der Waals surface area (Å²) < 4.78 is 37.8. The fourth-order valence-corrected chi connectivity index (χ4v) is 3.72. The first kappa shape index (κ1) is 18.8. The van der Waals surface area contributed by atoms with Crippen molar-refractivity contribution in [2.24, 2.45) is 0 Å². The van der Waals surface area contributed by atoms with Crippen molar-refractivity contribution in [3.05, 3.63) is 64.3 Å². The summed E-state index contributed by atoms with van der Waals surface area (Å²) >= 11 is 6.09. The zero-order valence-corrected chi connectivity index (χ0v) is 15.5. The number of benzene rings is 2. The molecule has 8 heteroatoms. The van der Waals surface area contributed by atoms with Gasteiger partial charge in [0, 0.05) is 40.4 Å². The maximum absolute atomic E-state index is 12.6. The summed E-state index contributed by atoms with van der Waals surface area (Å²) in [4.78, 5) is 17.7. The van der Waals surface area contributed by atoms with E-state index in [0.29, 0.717) is 23.8 Å². The summed E-state index contributed by atoms with van der Waals surface area (Å²) in [5, 5.41) is 4.45. The predicted octanol–water partition coefficient (Wildman–Crippen LogP) is 4.84. The number of amides is 1. The van der Waals surface area contributed by atoms with Crippen molar-refractivity contribution >= 4 is 34.1 Å². The van der Waals surface area contributed by atoms with Gasteiger partial charge in [0.15, 0.2) is 0 Å². The summed E-state index contributed by atoms with van der Waals surface area (Å²) in [7, 11) is 0. The summed E-state index contributed by atoms with van der Waals surface area (Å²) in [5.41, 5.74) is 2.90. The first-order valence-electron chi connectivity index (χ1n) is 8.78. The minimum absolute atomic E-state index is 0.163. The fraction of sp³-hybridized carbons (Fsp3) is 0.250. The number of carbonyl (C=O) groups is 1. The second-order valence-corrected chi connectivity index (χ2v) is 7.29. The highest BCUT2D eigenvalue weighted by Gasteiger charge is 2.30. The van der Waals surface area contributed by atoms with Gasteiger partial charge in [-0.2, -0.15) is 13.2 Å². The van der Waals surface area contributed by atoms with Crippen LogP contribution in [0.1, 0.15) is 16.8 Å². The van der Waals surface area contributed by atoms with Crippen molar-refractivity contribution in [1.29, 1.82) is 0 Å². The van der Waals surface area contributed by atoms with E-state index in [1.54, 1.807) is 0 Å². The van der Waals surface area contributed by atoms with Crippen LogP contribution in [0.25, 0.3) is 10.9 Å². The van der Waals surface area contributed by atoms with Crippen molar-refractivity contribution in [3.63, 3.8) is 0 Å². The predicted molar refractivity (Wildman–Crippen MR) is 102 cm³/mol.